The average Bonchev–Trinajstić information content (AvgIpc) is 2.68. The third-order valence-corrected chi connectivity index (χ3v) is 3.94. The van der Waals surface area contributed by atoms with Crippen LogP contribution in [0, 0.1) is 0 Å². The third-order valence-electron chi connectivity index (χ3n) is 3.94. The van der Waals surface area contributed by atoms with Crippen LogP contribution in [0.25, 0.3) is 10.9 Å². The highest BCUT2D eigenvalue weighted by atomic mass is 19.4. The first-order chi connectivity index (χ1) is 13.9. The van der Waals surface area contributed by atoms with E-state index in [9.17, 15) is 13.2 Å². The molecule has 0 radical (unpaired) electrons. The highest BCUT2D eigenvalue weighted by Gasteiger charge is 2.30. The molecule has 0 saturated heterocycles. The number of fused-ring (bicyclic) bond motifs is 1. The average molecular weight is 408 g/mol. The lowest BCUT2D eigenvalue weighted by Gasteiger charge is -2.13. The van der Waals surface area contributed by atoms with Gasteiger partial charge in [0.25, 0.3) is 0 Å². The second-order valence-electron chi connectivity index (χ2n) is 6.06. The van der Waals surface area contributed by atoms with E-state index in [0.717, 1.165) is 12.8 Å². The van der Waals surface area contributed by atoms with Crippen LogP contribution < -0.4 is 19.5 Å². The molecular weight excluding hydrogens is 389 g/mol. The zero-order valence-corrected chi connectivity index (χ0v) is 15.8. The molecular formula is C19H19F3N4O3. The van der Waals surface area contributed by atoms with Gasteiger partial charge in [0.1, 0.15) is 11.3 Å². The summed E-state index contributed by atoms with van der Waals surface area (Å²) in [4.78, 5) is 0. The van der Waals surface area contributed by atoms with Gasteiger partial charge in [0.15, 0.2) is 17.3 Å². The number of halogens is 3. The summed E-state index contributed by atoms with van der Waals surface area (Å²) in [6.07, 6.45) is -2.83. The summed E-state index contributed by atoms with van der Waals surface area (Å²) >= 11 is 0. The maximum absolute atomic E-state index is 12.3. The van der Waals surface area contributed by atoms with Gasteiger partial charge in [-0.2, -0.15) is 0 Å². The van der Waals surface area contributed by atoms with Crippen molar-refractivity contribution in [3.63, 3.8) is 0 Å². The molecule has 7 nitrogen and oxygen atoms in total. The van der Waals surface area contributed by atoms with E-state index in [2.05, 4.69) is 32.4 Å². The Kier molecular flexibility index (Phi) is 6.20. The summed E-state index contributed by atoms with van der Waals surface area (Å²) in [7, 11) is 1.53. The van der Waals surface area contributed by atoms with Crippen molar-refractivity contribution in [2.75, 3.05) is 19.0 Å². The minimum Gasteiger partial charge on any atom is -0.493 e. The molecule has 0 aliphatic heterocycles. The predicted molar refractivity (Wildman–Crippen MR) is 101 cm³/mol. The second-order valence-corrected chi connectivity index (χ2v) is 6.06. The van der Waals surface area contributed by atoms with Crippen molar-refractivity contribution in [3.8, 4) is 17.2 Å². The van der Waals surface area contributed by atoms with Crippen molar-refractivity contribution in [2.45, 2.75) is 26.1 Å². The molecule has 0 saturated carbocycles. The lowest BCUT2D eigenvalue weighted by molar-refractivity contribution is -0.274. The van der Waals surface area contributed by atoms with Gasteiger partial charge in [-0.25, -0.2) is 0 Å². The van der Waals surface area contributed by atoms with Crippen LogP contribution in [0.3, 0.4) is 0 Å². The molecule has 3 aromatic rings. The molecule has 2 aromatic carbocycles. The molecule has 10 heteroatoms. The number of unbranched alkanes of at least 4 members (excludes halogenated alkanes) is 1. The molecule has 0 aliphatic rings. The number of hydrogen-bond acceptors (Lipinski definition) is 7. The molecule has 0 aliphatic carbocycles. The van der Waals surface area contributed by atoms with Gasteiger partial charge in [0, 0.05) is 11.8 Å². The number of nitrogens with one attached hydrogen (secondary N) is 1. The van der Waals surface area contributed by atoms with Crippen LogP contribution in [0.15, 0.2) is 36.4 Å². The number of alkyl halides is 3. The number of ether oxygens (including phenoxy) is 3. The van der Waals surface area contributed by atoms with Crippen LogP contribution in [0.4, 0.5) is 24.7 Å². The lowest BCUT2D eigenvalue weighted by Crippen LogP contribution is -2.16. The highest BCUT2D eigenvalue weighted by Crippen LogP contribution is 2.34. The van der Waals surface area contributed by atoms with Crippen molar-refractivity contribution in [2.24, 2.45) is 0 Å². The van der Waals surface area contributed by atoms with Gasteiger partial charge in [-0.1, -0.05) is 13.3 Å². The van der Waals surface area contributed by atoms with E-state index < -0.39 is 6.36 Å². The smallest absolute Gasteiger partial charge is 0.493 e. The molecule has 1 heterocycles. The standard InChI is InChI=1S/C19H19F3N4O3/c1-3-4-9-28-17-11-15-14(10-16(17)27-2)18(25-26-24-15)23-12-5-7-13(8-6-12)29-19(20,21)22/h5-8,10-11H,3-4,9H2,1-2H3,(H,23,24,25). The topological polar surface area (TPSA) is 78.4 Å². The molecule has 0 atom stereocenters. The molecule has 154 valence electrons. The Morgan fingerprint density at radius 1 is 1.03 bits per heavy atom. The molecule has 3 rings (SSSR count). The number of methoxy groups -OCH3 is 1. The first-order valence-corrected chi connectivity index (χ1v) is 8.86. The van der Waals surface area contributed by atoms with Crippen LogP contribution in [-0.2, 0) is 0 Å². The van der Waals surface area contributed by atoms with Gasteiger partial charge in [0.05, 0.1) is 19.1 Å². The van der Waals surface area contributed by atoms with E-state index >= 15 is 0 Å². The summed E-state index contributed by atoms with van der Waals surface area (Å²) in [6, 6.07) is 8.72. The summed E-state index contributed by atoms with van der Waals surface area (Å²) in [5.74, 6) is 1.12. The fraction of sp³-hybridized carbons (Fsp3) is 0.316. The Morgan fingerprint density at radius 3 is 2.45 bits per heavy atom. The van der Waals surface area contributed by atoms with Gasteiger partial charge < -0.3 is 19.5 Å². The Hall–Kier alpha value is -3.30. The van der Waals surface area contributed by atoms with E-state index in [-0.39, 0.29) is 5.75 Å². The Morgan fingerprint density at radius 2 is 1.79 bits per heavy atom. The van der Waals surface area contributed by atoms with E-state index in [4.69, 9.17) is 9.47 Å². The largest absolute Gasteiger partial charge is 0.573 e. The van der Waals surface area contributed by atoms with Gasteiger partial charge >= 0.3 is 6.36 Å². The Bertz CT molecular complexity index is 965. The van der Waals surface area contributed by atoms with Crippen LogP contribution in [0.5, 0.6) is 17.2 Å². The van der Waals surface area contributed by atoms with Crippen molar-refractivity contribution in [3.05, 3.63) is 36.4 Å². The van der Waals surface area contributed by atoms with Crippen molar-refractivity contribution in [1.29, 1.82) is 0 Å². The van der Waals surface area contributed by atoms with Crippen LogP contribution in [-0.4, -0.2) is 35.5 Å². The fourth-order valence-corrected chi connectivity index (χ4v) is 2.56. The highest BCUT2D eigenvalue weighted by molar-refractivity contribution is 5.92. The molecule has 1 aromatic heterocycles. The lowest BCUT2D eigenvalue weighted by atomic mass is 10.2. The van der Waals surface area contributed by atoms with Crippen molar-refractivity contribution >= 4 is 22.4 Å². The first-order valence-electron chi connectivity index (χ1n) is 8.86. The van der Waals surface area contributed by atoms with Crippen LogP contribution in [0.2, 0.25) is 0 Å². The van der Waals surface area contributed by atoms with Gasteiger partial charge in [0.2, 0.25) is 0 Å². The Balaban J connectivity index is 1.86. The normalized spacial score (nSPS) is 11.3. The SMILES string of the molecule is CCCCOc1cc2nnnc(Nc3ccc(OC(F)(F)F)cc3)c2cc1OC. The summed E-state index contributed by atoms with van der Waals surface area (Å²) in [6.45, 7) is 2.62. The molecule has 1 N–H and O–H groups in total. The quantitative estimate of drug-likeness (QED) is 0.534. The molecule has 0 fully saturated rings. The van der Waals surface area contributed by atoms with Crippen molar-refractivity contribution in [1.82, 2.24) is 15.4 Å². The van der Waals surface area contributed by atoms with E-state index in [1.807, 2.05) is 0 Å². The molecule has 0 unspecified atom stereocenters. The molecule has 0 spiro atoms. The minimum atomic E-state index is -4.74. The molecule has 29 heavy (non-hydrogen) atoms. The van der Waals surface area contributed by atoms with Crippen LogP contribution in [0.1, 0.15) is 19.8 Å². The Labute approximate surface area is 164 Å². The molecule has 0 bridgehead atoms. The van der Waals surface area contributed by atoms with Crippen molar-refractivity contribution < 1.29 is 27.4 Å². The number of rotatable bonds is 8. The van der Waals surface area contributed by atoms with E-state index in [0.29, 0.717) is 40.5 Å². The number of benzene rings is 2. The number of anilines is 2. The zero-order chi connectivity index (χ0) is 20.9. The van der Waals surface area contributed by atoms with Gasteiger partial charge in [-0.3, -0.25) is 0 Å². The number of hydrogen-bond donors (Lipinski definition) is 1. The fourth-order valence-electron chi connectivity index (χ4n) is 2.56. The van der Waals surface area contributed by atoms with Gasteiger partial charge in [-0.05, 0) is 42.0 Å². The minimum absolute atomic E-state index is 0.316. The first kappa shape index (κ1) is 20.4. The number of nitrogens with zero attached hydrogens (tertiary/aromatic N) is 3. The second kappa shape index (κ2) is 8.80. The van der Waals surface area contributed by atoms with Gasteiger partial charge in [-0.15, -0.1) is 23.4 Å². The summed E-state index contributed by atoms with van der Waals surface area (Å²) in [5, 5.41) is 15.4. The summed E-state index contributed by atoms with van der Waals surface area (Å²) in [5.41, 5.74) is 1.04. The van der Waals surface area contributed by atoms with E-state index in [1.165, 1.54) is 31.4 Å². The van der Waals surface area contributed by atoms with Crippen LogP contribution >= 0.6 is 0 Å². The predicted octanol–water partition coefficient (Wildman–Crippen LogP) is 4.85. The zero-order valence-electron chi connectivity index (χ0n) is 15.8. The third kappa shape index (κ3) is 5.37. The maximum Gasteiger partial charge on any atom is 0.573 e. The monoisotopic (exact) mass is 408 g/mol. The van der Waals surface area contributed by atoms with E-state index in [1.54, 1.807) is 12.1 Å². The summed E-state index contributed by atoms with van der Waals surface area (Å²) < 4.78 is 51.9. The molecule has 0 amide bonds. The number of aromatic nitrogens is 3. The maximum atomic E-state index is 12.3.